The van der Waals surface area contributed by atoms with Gasteiger partial charge in [0.05, 0.1) is 12.1 Å². The molecule has 1 N–H and O–H groups in total. The van der Waals surface area contributed by atoms with Gasteiger partial charge in [0, 0.05) is 13.0 Å². The molecule has 1 aliphatic rings. The van der Waals surface area contributed by atoms with Crippen LogP contribution < -0.4 is 0 Å². The second-order valence-electron chi connectivity index (χ2n) is 8.12. The highest BCUT2D eigenvalue weighted by Gasteiger charge is 2.30. The van der Waals surface area contributed by atoms with Crippen LogP contribution in [0.3, 0.4) is 0 Å². The van der Waals surface area contributed by atoms with Crippen LogP contribution in [0.25, 0.3) is 0 Å². The van der Waals surface area contributed by atoms with E-state index in [9.17, 15) is 9.90 Å². The number of amides is 1. The fraction of sp³-hybridized carbons (Fsp3) is 0.696. The fourth-order valence-electron chi connectivity index (χ4n) is 4.25. The average molecular weight is 360 g/mol. The Labute approximate surface area is 159 Å². The summed E-state index contributed by atoms with van der Waals surface area (Å²) in [6, 6.07) is 9.44. The number of hydrogen-bond acceptors (Lipinski definition) is 2. The zero-order valence-corrected chi connectivity index (χ0v) is 16.9. The summed E-state index contributed by atoms with van der Waals surface area (Å²) in [6.07, 6.45) is 10.1. The van der Waals surface area contributed by atoms with E-state index in [1.807, 2.05) is 44.3 Å². The highest BCUT2D eigenvalue weighted by molar-refractivity contribution is 5.79. The molecule has 0 spiro atoms. The second-order valence-corrected chi connectivity index (χ2v) is 8.12. The van der Waals surface area contributed by atoms with Crippen LogP contribution in [0.5, 0.6) is 0 Å². The predicted molar refractivity (Wildman–Crippen MR) is 108 cm³/mol. The van der Waals surface area contributed by atoms with E-state index in [0.29, 0.717) is 5.92 Å². The molecule has 0 radical (unpaired) electrons. The molecule has 2 rings (SSSR count). The SMILES string of the molecule is CCCC[C@H](CC1CCCCC1)C(=O)N(C)[C@H](C)[C@H](O)c1ccccc1. The van der Waals surface area contributed by atoms with Crippen molar-refractivity contribution in [1.82, 2.24) is 4.90 Å². The Hall–Kier alpha value is -1.35. The van der Waals surface area contributed by atoms with Gasteiger partial charge in [-0.15, -0.1) is 0 Å². The first kappa shape index (κ1) is 21.0. The van der Waals surface area contributed by atoms with Crippen molar-refractivity contribution in [3.05, 3.63) is 35.9 Å². The van der Waals surface area contributed by atoms with E-state index < -0.39 is 6.10 Å². The van der Waals surface area contributed by atoms with Gasteiger partial charge in [0.15, 0.2) is 0 Å². The van der Waals surface area contributed by atoms with Crippen LogP contribution in [0, 0.1) is 11.8 Å². The zero-order valence-electron chi connectivity index (χ0n) is 16.9. The molecule has 0 saturated heterocycles. The van der Waals surface area contributed by atoms with Gasteiger partial charge in [0.2, 0.25) is 5.91 Å². The molecule has 146 valence electrons. The van der Waals surface area contributed by atoms with Crippen LogP contribution in [0.4, 0.5) is 0 Å². The Kier molecular flexibility index (Phi) is 8.64. The van der Waals surface area contributed by atoms with Gasteiger partial charge >= 0.3 is 0 Å². The Morgan fingerprint density at radius 2 is 1.85 bits per heavy atom. The van der Waals surface area contributed by atoms with Crippen molar-refractivity contribution < 1.29 is 9.90 Å². The smallest absolute Gasteiger partial charge is 0.225 e. The van der Waals surface area contributed by atoms with E-state index in [1.165, 1.54) is 32.1 Å². The van der Waals surface area contributed by atoms with Gasteiger partial charge in [0.25, 0.3) is 0 Å². The molecular weight excluding hydrogens is 322 g/mol. The Balaban J connectivity index is 2.02. The highest BCUT2D eigenvalue weighted by Crippen LogP contribution is 2.32. The lowest BCUT2D eigenvalue weighted by Crippen LogP contribution is -2.42. The van der Waals surface area contributed by atoms with Crippen LogP contribution >= 0.6 is 0 Å². The van der Waals surface area contributed by atoms with Crippen molar-refractivity contribution in [2.45, 2.75) is 83.8 Å². The van der Waals surface area contributed by atoms with Gasteiger partial charge in [-0.25, -0.2) is 0 Å². The molecule has 1 fully saturated rings. The molecule has 0 bridgehead atoms. The summed E-state index contributed by atoms with van der Waals surface area (Å²) in [7, 11) is 1.86. The van der Waals surface area contributed by atoms with Crippen molar-refractivity contribution >= 4 is 5.91 Å². The minimum absolute atomic E-state index is 0.105. The van der Waals surface area contributed by atoms with E-state index >= 15 is 0 Å². The van der Waals surface area contributed by atoms with Crippen LogP contribution in [0.15, 0.2) is 30.3 Å². The molecule has 1 amide bonds. The summed E-state index contributed by atoms with van der Waals surface area (Å²) in [5, 5.41) is 10.7. The Bertz CT molecular complexity index is 524. The van der Waals surface area contributed by atoms with E-state index in [0.717, 1.165) is 31.2 Å². The molecule has 0 heterocycles. The maximum atomic E-state index is 13.2. The molecule has 0 aliphatic heterocycles. The van der Waals surface area contributed by atoms with Gasteiger partial charge < -0.3 is 10.0 Å². The Morgan fingerprint density at radius 1 is 1.19 bits per heavy atom. The number of likely N-dealkylation sites (N-methyl/N-ethyl adjacent to an activating group) is 1. The molecule has 3 heteroatoms. The number of aliphatic hydroxyl groups excluding tert-OH is 1. The summed E-state index contributed by atoms with van der Waals surface area (Å²) >= 11 is 0. The van der Waals surface area contributed by atoms with Gasteiger partial charge in [-0.2, -0.15) is 0 Å². The zero-order chi connectivity index (χ0) is 18.9. The molecule has 3 nitrogen and oxygen atoms in total. The lowest BCUT2D eigenvalue weighted by atomic mass is 9.80. The maximum Gasteiger partial charge on any atom is 0.225 e. The molecule has 3 atom stereocenters. The third-order valence-electron chi connectivity index (χ3n) is 6.15. The number of aliphatic hydroxyl groups is 1. The third kappa shape index (κ3) is 5.84. The summed E-state index contributed by atoms with van der Waals surface area (Å²) < 4.78 is 0. The Morgan fingerprint density at radius 3 is 2.46 bits per heavy atom. The first-order chi connectivity index (χ1) is 12.5. The van der Waals surface area contributed by atoms with Gasteiger partial charge in [-0.05, 0) is 31.2 Å². The summed E-state index contributed by atoms with van der Waals surface area (Å²) in [5.41, 5.74) is 0.872. The van der Waals surface area contributed by atoms with Crippen molar-refractivity contribution in [2.75, 3.05) is 7.05 Å². The van der Waals surface area contributed by atoms with Gasteiger partial charge in [-0.3, -0.25) is 4.79 Å². The number of carbonyl (C=O) groups excluding carboxylic acids is 1. The molecule has 1 aromatic carbocycles. The number of benzene rings is 1. The van der Waals surface area contributed by atoms with E-state index in [1.54, 1.807) is 4.90 Å². The molecule has 1 aromatic rings. The number of unbranched alkanes of at least 4 members (excludes halogenated alkanes) is 1. The molecular formula is C23H37NO2. The number of nitrogens with zero attached hydrogens (tertiary/aromatic N) is 1. The van der Waals surface area contributed by atoms with Crippen molar-refractivity contribution in [3.8, 4) is 0 Å². The van der Waals surface area contributed by atoms with Gasteiger partial charge in [-0.1, -0.05) is 82.2 Å². The maximum absolute atomic E-state index is 13.2. The average Bonchev–Trinajstić information content (AvgIpc) is 2.70. The largest absolute Gasteiger partial charge is 0.386 e. The summed E-state index contributed by atoms with van der Waals surface area (Å²) in [6.45, 7) is 4.14. The van der Waals surface area contributed by atoms with Crippen LogP contribution in [-0.4, -0.2) is 29.0 Å². The lowest BCUT2D eigenvalue weighted by molar-refractivity contribution is -0.139. The molecule has 1 aliphatic carbocycles. The number of carbonyl (C=O) groups is 1. The quantitative estimate of drug-likeness (QED) is 0.646. The summed E-state index contributed by atoms with van der Waals surface area (Å²) in [5.74, 6) is 1.03. The minimum Gasteiger partial charge on any atom is -0.386 e. The normalized spacial score (nSPS) is 18.9. The van der Waals surface area contributed by atoms with E-state index in [2.05, 4.69) is 6.92 Å². The lowest BCUT2D eigenvalue weighted by Gasteiger charge is -2.34. The standard InChI is InChI=1S/C23H37NO2/c1-4-5-14-21(17-19-12-8-6-9-13-19)23(26)24(3)18(2)22(25)20-15-10-7-11-16-20/h7,10-11,15-16,18-19,21-22,25H,4-6,8-9,12-14,17H2,1-3H3/t18-,21-,22+/m1/s1. The first-order valence-corrected chi connectivity index (χ1v) is 10.5. The van der Waals surface area contributed by atoms with Crippen LogP contribution in [0.1, 0.15) is 83.3 Å². The summed E-state index contributed by atoms with van der Waals surface area (Å²) in [4.78, 5) is 15.0. The molecule has 1 saturated carbocycles. The fourth-order valence-corrected chi connectivity index (χ4v) is 4.25. The third-order valence-corrected chi connectivity index (χ3v) is 6.15. The molecule has 0 unspecified atom stereocenters. The van der Waals surface area contributed by atoms with Crippen molar-refractivity contribution in [1.29, 1.82) is 0 Å². The van der Waals surface area contributed by atoms with Crippen LogP contribution in [0.2, 0.25) is 0 Å². The van der Waals surface area contributed by atoms with Crippen LogP contribution in [-0.2, 0) is 4.79 Å². The molecule has 0 aromatic heterocycles. The number of rotatable bonds is 9. The topological polar surface area (TPSA) is 40.5 Å². The van der Waals surface area contributed by atoms with Crippen molar-refractivity contribution in [3.63, 3.8) is 0 Å². The van der Waals surface area contributed by atoms with Gasteiger partial charge in [0.1, 0.15) is 0 Å². The minimum atomic E-state index is -0.647. The second kappa shape index (κ2) is 10.7. The highest BCUT2D eigenvalue weighted by atomic mass is 16.3. The predicted octanol–water partition coefficient (Wildman–Crippen LogP) is 5.34. The monoisotopic (exact) mass is 359 g/mol. The first-order valence-electron chi connectivity index (χ1n) is 10.5. The number of hydrogen-bond donors (Lipinski definition) is 1. The van der Waals surface area contributed by atoms with E-state index in [4.69, 9.17) is 0 Å². The molecule has 26 heavy (non-hydrogen) atoms. The van der Waals surface area contributed by atoms with Crippen molar-refractivity contribution in [2.24, 2.45) is 11.8 Å². The van der Waals surface area contributed by atoms with E-state index in [-0.39, 0.29) is 17.9 Å².